The number of rotatable bonds is 3. The van der Waals surface area contributed by atoms with E-state index in [9.17, 15) is 0 Å². The van der Waals surface area contributed by atoms with Crippen LogP contribution in [0.15, 0.2) is 36.4 Å². The molecule has 112 valence electrons. The lowest BCUT2D eigenvalue weighted by atomic mass is 9.86. The molecule has 0 spiro atoms. The molecule has 0 amide bonds. The number of ether oxygens (including phenoxy) is 1. The third-order valence-corrected chi connectivity index (χ3v) is 4.35. The summed E-state index contributed by atoms with van der Waals surface area (Å²) in [4.78, 5) is 0. The molecule has 0 N–H and O–H groups in total. The summed E-state index contributed by atoms with van der Waals surface area (Å²) in [6.45, 7) is 8.69. The van der Waals surface area contributed by atoms with Crippen LogP contribution in [-0.2, 0) is 10.7 Å². The van der Waals surface area contributed by atoms with Crippen molar-refractivity contribution in [3.05, 3.63) is 58.1 Å². The molecule has 0 atom stereocenters. The summed E-state index contributed by atoms with van der Waals surface area (Å²) in [5.41, 5.74) is 3.59. The van der Waals surface area contributed by atoms with E-state index in [-0.39, 0.29) is 5.41 Å². The highest BCUT2D eigenvalue weighted by Crippen LogP contribution is 2.36. The molecule has 0 unspecified atom stereocenters. The van der Waals surface area contributed by atoms with Crippen LogP contribution in [0.3, 0.4) is 0 Å². The molecule has 0 radical (unpaired) electrons. The molecule has 0 saturated heterocycles. The van der Waals surface area contributed by atoms with Gasteiger partial charge >= 0.3 is 0 Å². The molecule has 0 bridgehead atoms. The van der Waals surface area contributed by atoms with Gasteiger partial charge in [-0.05, 0) is 35.6 Å². The zero-order valence-electron chi connectivity index (χ0n) is 12.8. The normalized spacial score (nSPS) is 11.5. The van der Waals surface area contributed by atoms with Gasteiger partial charge in [0.05, 0.1) is 5.02 Å². The van der Waals surface area contributed by atoms with Gasteiger partial charge < -0.3 is 4.74 Å². The van der Waals surface area contributed by atoms with Crippen LogP contribution in [0.2, 0.25) is 5.02 Å². The van der Waals surface area contributed by atoms with Crippen molar-refractivity contribution < 1.29 is 4.74 Å². The fraction of sp³-hybridized carbons (Fsp3) is 0.333. The summed E-state index contributed by atoms with van der Waals surface area (Å²) in [6, 6.07) is 12.1. The first-order valence-electron chi connectivity index (χ1n) is 6.95. The van der Waals surface area contributed by atoms with Crippen LogP contribution in [0, 0.1) is 6.92 Å². The minimum absolute atomic E-state index is 0.134. The third kappa shape index (κ3) is 3.81. The highest BCUT2D eigenvalue weighted by molar-refractivity contribution is 9.08. The predicted octanol–water partition coefficient (Wildman–Crippen LogP) is 6.63. The quantitative estimate of drug-likeness (QED) is 0.553. The second kappa shape index (κ2) is 6.41. The lowest BCUT2D eigenvalue weighted by Crippen LogP contribution is -2.11. The van der Waals surface area contributed by atoms with Crippen LogP contribution in [-0.4, -0.2) is 0 Å². The first-order chi connectivity index (χ1) is 9.82. The Morgan fingerprint density at radius 1 is 1.14 bits per heavy atom. The minimum atomic E-state index is 0.134. The number of hydrogen-bond donors (Lipinski definition) is 0. The molecular weight excluding hydrogens is 348 g/mol. The first-order valence-corrected chi connectivity index (χ1v) is 8.45. The fourth-order valence-corrected chi connectivity index (χ4v) is 2.79. The average Bonchev–Trinajstić information content (AvgIpc) is 2.41. The molecule has 3 heteroatoms. The van der Waals surface area contributed by atoms with Crippen molar-refractivity contribution in [3.8, 4) is 11.5 Å². The van der Waals surface area contributed by atoms with E-state index in [1.54, 1.807) is 0 Å². The number of halogens is 2. The second-order valence-corrected chi connectivity index (χ2v) is 7.16. The molecule has 0 aliphatic carbocycles. The van der Waals surface area contributed by atoms with Gasteiger partial charge in [0.2, 0.25) is 0 Å². The summed E-state index contributed by atoms with van der Waals surface area (Å²) in [5.74, 6) is 1.57. The summed E-state index contributed by atoms with van der Waals surface area (Å²) in [6.07, 6.45) is 0. The molecular formula is C18H20BrClO. The smallest absolute Gasteiger partial charge is 0.150 e. The maximum absolute atomic E-state index is 6.27. The van der Waals surface area contributed by atoms with Crippen molar-refractivity contribution in [2.45, 2.75) is 38.4 Å². The molecule has 1 nitrogen and oxygen atoms in total. The van der Waals surface area contributed by atoms with E-state index in [4.69, 9.17) is 16.3 Å². The standard InChI is InChI=1S/C18H20BrClO/c1-12-10-14(18(2,3)4)8-9-16(12)21-17-13(11-19)6-5-7-15(17)20/h5-10H,11H2,1-4H3. The second-order valence-electron chi connectivity index (χ2n) is 6.19. The topological polar surface area (TPSA) is 9.23 Å². The van der Waals surface area contributed by atoms with E-state index in [1.807, 2.05) is 24.3 Å². The van der Waals surface area contributed by atoms with E-state index >= 15 is 0 Å². The Balaban J connectivity index is 2.37. The number of benzene rings is 2. The van der Waals surface area contributed by atoms with Crippen molar-refractivity contribution in [2.75, 3.05) is 0 Å². The third-order valence-electron chi connectivity index (χ3n) is 3.45. The van der Waals surface area contributed by atoms with E-state index < -0.39 is 0 Å². The van der Waals surface area contributed by atoms with Crippen LogP contribution in [0.4, 0.5) is 0 Å². The van der Waals surface area contributed by atoms with Crippen LogP contribution >= 0.6 is 27.5 Å². The van der Waals surface area contributed by atoms with Gasteiger partial charge in [0.1, 0.15) is 11.5 Å². The van der Waals surface area contributed by atoms with Gasteiger partial charge in [-0.25, -0.2) is 0 Å². The van der Waals surface area contributed by atoms with Crippen molar-refractivity contribution in [1.82, 2.24) is 0 Å². The van der Waals surface area contributed by atoms with Crippen molar-refractivity contribution in [1.29, 1.82) is 0 Å². The zero-order valence-corrected chi connectivity index (χ0v) is 15.2. The van der Waals surface area contributed by atoms with Crippen LogP contribution in [0.1, 0.15) is 37.5 Å². The molecule has 0 aliphatic heterocycles. The average molecular weight is 368 g/mol. The van der Waals surface area contributed by atoms with E-state index in [0.29, 0.717) is 10.4 Å². The van der Waals surface area contributed by atoms with Crippen LogP contribution < -0.4 is 4.74 Å². The first kappa shape index (κ1) is 16.4. The molecule has 0 heterocycles. The Morgan fingerprint density at radius 3 is 2.43 bits per heavy atom. The van der Waals surface area contributed by atoms with Gasteiger partial charge in [-0.2, -0.15) is 0 Å². The van der Waals surface area contributed by atoms with Crippen molar-refractivity contribution in [3.63, 3.8) is 0 Å². The monoisotopic (exact) mass is 366 g/mol. The Morgan fingerprint density at radius 2 is 1.86 bits per heavy atom. The van der Waals surface area contributed by atoms with Gasteiger partial charge in [-0.15, -0.1) is 0 Å². The molecule has 0 aromatic heterocycles. The van der Waals surface area contributed by atoms with Gasteiger partial charge in [0.25, 0.3) is 0 Å². The summed E-state index contributed by atoms with van der Waals surface area (Å²) in [5, 5.41) is 1.34. The van der Waals surface area contributed by atoms with Gasteiger partial charge in [-0.1, -0.05) is 72.6 Å². The maximum atomic E-state index is 6.27. The van der Waals surface area contributed by atoms with Crippen molar-refractivity contribution >= 4 is 27.5 Å². The number of para-hydroxylation sites is 1. The Labute approximate surface area is 140 Å². The molecule has 0 saturated carbocycles. The van der Waals surface area contributed by atoms with Crippen LogP contribution in [0.25, 0.3) is 0 Å². The molecule has 21 heavy (non-hydrogen) atoms. The van der Waals surface area contributed by atoms with E-state index in [1.165, 1.54) is 5.56 Å². The summed E-state index contributed by atoms with van der Waals surface area (Å²) in [7, 11) is 0. The molecule has 2 rings (SSSR count). The molecule has 0 aliphatic rings. The Bertz CT molecular complexity index is 644. The number of alkyl halides is 1. The highest BCUT2D eigenvalue weighted by Gasteiger charge is 2.16. The lowest BCUT2D eigenvalue weighted by Gasteiger charge is -2.21. The maximum Gasteiger partial charge on any atom is 0.150 e. The van der Waals surface area contributed by atoms with E-state index in [2.05, 4.69) is 55.8 Å². The van der Waals surface area contributed by atoms with Gasteiger partial charge in [-0.3, -0.25) is 0 Å². The van der Waals surface area contributed by atoms with Gasteiger partial charge in [0, 0.05) is 10.9 Å². The molecule has 2 aromatic carbocycles. The zero-order chi connectivity index (χ0) is 15.6. The minimum Gasteiger partial charge on any atom is -0.455 e. The Kier molecular flexibility index (Phi) is 5.00. The summed E-state index contributed by atoms with van der Waals surface area (Å²) >= 11 is 9.74. The fourth-order valence-electron chi connectivity index (χ4n) is 2.11. The van der Waals surface area contributed by atoms with Crippen molar-refractivity contribution in [2.24, 2.45) is 0 Å². The number of aryl methyl sites for hydroxylation is 1. The van der Waals surface area contributed by atoms with E-state index in [0.717, 1.165) is 22.6 Å². The highest BCUT2D eigenvalue weighted by atomic mass is 79.9. The predicted molar refractivity (Wildman–Crippen MR) is 94.0 cm³/mol. The van der Waals surface area contributed by atoms with Crippen LogP contribution in [0.5, 0.6) is 11.5 Å². The summed E-state index contributed by atoms with van der Waals surface area (Å²) < 4.78 is 6.07. The molecule has 0 fully saturated rings. The SMILES string of the molecule is Cc1cc(C(C)(C)C)ccc1Oc1c(Cl)cccc1CBr. The Hall–Kier alpha value is -0.990. The lowest BCUT2D eigenvalue weighted by molar-refractivity contribution is 0.474. The van der Waals surface area contributed by atoms with Gasteiger partial charge in [0.15, 0.2) is 0 Å². The molecule has 2 aromatic rings. The largest absolute Gasteiger partial charge is 0.455 e. The number of hydrogen-bond acceptors (Lipinski definition) is 1.